The molecule has 0 atom stereocenters. The molecule has 2 N–H and O–H groups in total. The van der Waals surface area contributed by atoms with Gasteiger partial charge in [0.2, 0.25) is 0 Å². The average molecular weight is 343 g/mol. The lowest BCUT2D eigenvalue weighted by molar-refractivity contribution is 0.449. The molecule has 0 aliphatic heterocycles. The van der Waals surface area contributed by atoms with Crippen molar-refractivity contribution >= 4 is 16.9 Å². The molecule has 0 aliphatic carbocycles. The third kappa shape index (κ3) is 3.78. The number of nitrogens with zero attached hydrogens (tertiary/aromatic N) is 5. The van der Waals surface area contributed by atoms with E-state index in [1.54, 1.807) is 23.9 Å². The summed E-state index contributed by atoms with van der Waals surface area (Å²) in [5.41, 5.74) is 2.02. The summed E-state index contributed by atoms with van der Waals surface area (Å²) in [6.45, 7) is 1.30. The summed E-state index contributed by atoms with van der Waals surface area (Å²) in [6.07, 6.45) is 4.23. The fourth-order valence-electron chi connectivity index (χ4n) is 2.80. The van der Waals surface area contributed by atoms with Gasteiger partial charge in [0.15, 0.2) is 5.96 Å². The lowest BCUT2D eigenvalue weighted by Crippen LogP contribution is -2.39. The molecule has 0 saturated heterocycles. The van der Waals surface area contributed by atoms with Gasteiger partial charge in [-0.25, -0.2) is 9.37 Å². The van der Waals surface area contributed by atoms with Crippen LogP contribution in [0.3, 0.4) is 0 Å². The number of aromatic nitrogens is 4. The maximum Gasteiger partial charge on any atom is 0.193 e. The topological polar surface area (TPSA) is 74.1 Å². The SMILES string of the molecule is CN=C(NCCc1c[nH]c2ccc(F)cc12)N(C)Cc1ncnn1C. The van der Waals surface area contributed by atoms with Crippen LogP contribution in [0.15, 0.2) is 35.7 Å². The molecule has 132 valence electrons. The number of halogens is 1. The highest BCUT2D eigenvalue weighted by atomic mass is 19.1. The summed E-state index contributed by atoms with van der Waals surface area (Å²) in [5, 5.41) is 8.32. The van der Waals surface area contributed by atoms with E-state index in [1.165, 1.54) is 12.4 Å². The third-order valence-corrected chi connectivity index (χ3v) is 4.16. The Morgan fingerprint density at radius 1 is 1.44 bits per heavy atom. The lowest BCUT2D eigenvalue weighted by Gasteiger charge is -2.21. The van der Waals surface area contributed by atoms with E-state index in [2.05, 4.69) is 25.4 Å². The molecular formula is C17H22FN7. The zero-order valence-corrected chi connectivity index (χ0v) is 14.6. The van der Waals surface area contributed by atoms with Crippen LogP contribution in [0.2, 0.25) is 0 Å². The average Bonchev–Trinajstić information content (AvgIpc) is 3.18. The minimum Gasteiger partial charge on any atom is -0.361 e. The molecule has 3 rings (SSSR count). The molecule has 0 spiro atoms. The van der Waals surface area contributed by atoms with Gasteiger partial charge in [0, 0.05) is 44.8 Å². The number of aromatic amines is 1. The Hall–Kier alpha value is -2.90. The molecule has 0 radical (unpaired) electrons. The van der Waals surface area contributed by atoms with Crippen LogP contribution < -0.4 is 5.32 Å². The zero-order valence-electron chi connectivity index (χ0n) is 14.6. The van der Waals surface area contributed by atoms with Crippen molar-refractivity contribution in [2.75, 3.05) is 20.6 Å². The second-order valence-corrected chi connectivity index (χ2v) is 5.88. The first-order valence-electron chi connectivity index (χ1n) is 8.08. The Kier molecular flexibility index (Phi) is 4.97. The Balaban J connectivity index is 1.59. The summed E-state index contributed by atoms with van der Waals surface area (Å²) >= 11 is 0. The molecule has 1 aromatic carbocycles. The van der Waals surface area contributed by atoms with E-state index in [0.29, 0.717) is 13.1 Å². The first kappa shape index (κ1) is 16.9. The van der Waals surface area contributed by atoms with Gasteiger partial charge in [0.1, 0.15) is 18.0 Å². The standard InChI is InChI=1S/C17H22FN7/c1-19-17(24(2)10-16-22-11-23-25(16)3)20-7-6-12-9-21-15-5-4-13(18)8-14(12)15/h4-5,8-9,11,21H,6-7,10H2,1-3H3,(H,19,20). The van der Waals surface area contributed by atoms with Crippen LogP contribution in [0.1, 0.15) is 11.4 Å². The molecule has 2 aromatic heterocycles. The Labute approximate surface area is 145 Å². The van der Waals surface area contributed by atoms with E-state index in [9.17, 15) is 4.39 Å². The van der Waals surface area contributed by atoms with Crippen molar-refractivity contribution < 1.29 is 4.39 Å². The number of aliphatic imine (C=N–C) groups is 1. The Bertz CT molecular complexity index is 880. The number of fused-ring (bicyclic) bond motifs is 1. The summed E-state index contributed by atoms with van der Waals surface area (Å²) < 4.78 is 15.2. The van der Waals surface area contributed by atoms with E-state index in [0.717, 1.165) is 34.7 Å². The first-order valence-corrected chi connectivity index (χ1v) is 8.08. The summed E-state index contributed by atoms with van der Waals surface area (Å²) in [4.78, 5) is 13.7. The fourth-order valence-corrected chi connectivity index (χ4v) is 2.80. The number of H-pyrrole nitrogens is 1. The fraction of sp³-hybridized carbons (Fsp3) is 0.353. The van der Waals surface area contributed by atoms with E-state index in [1.807, 2.05) is 25.2 Å². The van der Waals surface area contributed by atoms with Crippen LogP contribution in [0.25, 0.3) is 10.9 Å². The molecule has 0 unspecified atom stereocenters. The number of hydrogen-bond donors (Lipinski definition) is 2. The normalized spacial score (nSPS) is 11.9. The van der Waals surface area contributed by atoms with Gasteiger partial charge in [0.25, 0.3) is 0 Å². The van der Waals surface area contributed by atoms with E-state index in [4.69, 9.17) is 0 Å². The number of nitrogens with one attached hydrogen (secondary N) is 2. The van der Waals surface area contributed by atoms with Crippen LogP contribution in [-0.4, -0.2) is 51.2 Å². The van der Waals surface area contributed by atoms with Crippen molar-refractivity contribution in [2.24, 2.45) is 12.0 Å². The van der Waals surface area contributed by atoms with Crippen molar-refractivity contribution in [3.63, 3.8) is 0 Å². The Morgan fingerprint density at radius 3 is 3.00 bits per heavy atom. The van der Waals surface area contributed by atoms with Gasteiger partial charge in [-0.05, 0) is 30.2 Å². The predicted molar refractivity (Wildman–Crippen MR) is 95.8 cm³/mol. The molecule has 8 heteroatoms. The minimum absolute atomic E-state index is 0.222. The number of rotatable bonds is 5. The predicted octanol–water partition coefficient (Wildman–Crippen LogP) is 1.69. The minimum atomic E-state index is -0.222. The van der Waals surface area contributed by atoms with Crippen molar-refractivity contribution in [1.29, 1.82) is 0 Å². The molecule has 0 saturated carbocycles. The Morgan fingerprint density at radius 2 is 2.28 bits per heavy atom. The van der Waals surface area contributed by atoms with E-state index < -0.39 is 0 Å². The highest BCUT2D eigenvalue weighted by Crippen LogP contribution is 2.19. The van der Waals surface area contributed by atoms with Crippen LogP contribution in [0, 0.1) is 5.82 Å². The van der Waals surface area contributed by atoms with Crippen LogP contribution in [0.5, 0.6) is 0 Å². The van der Waals surface area contributed by atoms with Gasteiger partial charge in [-0.3, -0.25) is 9.67 Å². The maximum absolute atomic E-state index is 13.4. The second-order valence-electron chi connectivity index (χ2n) is 5.88. The van der Waals surface area contributed by atoms with Gasteiger partial charge >= 0.3 is 0 Å². The molecule has 3 aromatic rings. The highest BCUT2D eigenvalue weighted by Gasteiger charge is 2.10. The summed E-state index contributed by atoms with van der Waals surface area (Å²) in [6, 6.07) is 4.79. The molecule has 0 aliphatic rings. The van der Waals surface area contributed by atoms with Crippen LogP contribution >= 0.6 is 0 Å². The van der Waals surface area contributed by atoms with Gasteiger partial charge < -0.3 is 15.2 Å². The van der Waals surface area contributed by atoms with Crippen LogP contribution in [0.4, 0.5) is 4.39 Å². The number of benzene rings is 1. The lowest BCUT2D eigenvalue weighted by atomic mass is 10.1. The summed E-state index contributed by atoms with van der Waals surface area (Å²) in [5.74, 6) is 1.41. The molecule has 2 heterocycles. The van der Waals surface area contributed by atoms with Gasteiger partial charge in [-0.2, -0.15) is 5.10 Å². The third-order valence-electron chi connectivity index (χ3n) is 4.16. The van der Waals surface area contributed by atoms with Crippen molar-refractivity contribution in [3.8, 4) is 0 Å². The second kappa shape index (κ2) is 7.33. The molecule has 0 amide bonds. The van der Waals surface area contributed by atoms with E-state index in [-0.39, 0.29) is 5.82 Å². The number of hydrogen-bond acceptors (Lipinski definition) is 3. The highest BCUT2D eigenvalue weighted by molar-refractivity contribution is 5.83. The molecule has 0 fully saturated rings. The molecule has 25 heavy (non-hydrogen) atoms. The van der Waals surface area contributed by atoms with Crippen LogP contribution in [-0.2, 0) is 20.0 Å². The molecule has 0 bridgehead atoms. The molecular weight excluding hydrogens is 321 g/mol. The summed E-state index contributed by atoms with van der Waals surface area (Å²) in [7, 11) is 5.56. The monoisotopic (exact) mass is 343 g/mol. The van der Waals surface area contributed by atoms with Gasteiger partial charge in [-0.15, -0.1) is 0 Å². The van der Waals surface area contributed by atoms with Gasteiger partial charge in [0.05, 0.1) is 6.54 Å². The van der Waals surface area contributed by atoms with Crippen molar-refractivity contribution in [2.45, 2.75) is 13.0 Å². The number of guanidine groups is 1. The van der Waals surface area contributed by atoms with Crippen molar-refractivity contribution in [3.05, 3.63) is 47.9 Å². The first-order chi connectivity index (χ1) is 12.1. The van der Waals surface area contributed by atoms with Crippen molar-refractivity contribution in [1.82, 2.24) is 30.0 Å². The smallest absolute Gasteiger partial charge is 0.193 e. The van der Waals surface area contributed by atoms with Gasteiger partial charge in [-0.1, -0.05) is 0 Å². The van der Waals surface area contributed by atoms with E-state index >= 15 is 0 Å². The number of aryl methyl sites for hydroxylation is 1. The molecule has 7 nitrogen and oxygen atoms in total. The maximum atomic E-state index is 13.4. The largest absolute Gasteiger partial charge is 0.361 e. The zero-order chi connectivity index (χ0) is 17.8. The quantitative estimate of drug-likeness (QED) is 0.546.